The number of nitrogens with one attached hydrogen (secondary N) is 1. The SMILES string of the molecule is C[C@H](NC(=O)N1CCN(c2cnccn2)CC1)c1cccs1. The van der Waals surface area contributed by atoms with E-state index in [0.717, 1.165) is 18.9 Å². The largest absolute Gasteiger partial charge is 0.352 e. The number of nitrogens with zero attached hydrogens (tertiary/aromatic N) is 4. The second-order valence-electron chi connectivity index (χ2n) is 5.22. The highest BCUT2D eigenvalue weighted by molar-refractivity contribution is 7.10. The van der Waals surface area contributed by atoms with Crippen LogP contribution in [0.15, 0.2) is 36.1 Å². The second-order valence-corrected chi connectivity index (χ2v) is 6.20. The molecule has 3 heterocycles. The summed E-state index contributed by atoms with van der Waals surface area (Å²) in [5.74, 6) is 0.870. The number of hydrogen-bond acceptors (Lipinski definition) is 5. The summed E-state index contributed by atoms with van der Waals surface area (Å²) in [5, 5.41) is 5.08. The maximum Gasteiger partial charge on any atom is 0.318 e. The van der Waals surface area contributed by atoms with Gasteiger partial charge in [-0.15, -0.1) is 11.3 Å². The zero-order valence-corrected chi connectivity index (χ0v) is 13.3. The van der Waals surface area contributed by atoms with E-state index in [9.17, 15) is 4.79 Å². The zero-order chi connectivity index (χ0) is 15.4. The summed E-state index contributed by atoms with van der Waals surface area (Å²) in [5.41, 5.74) is 0. The second kappa shape index (κ2) is 6.74. The molecule has 2 aromatic rings. The highest BCUT2D eigenvalue weighted by Crippen LogP contribution is 2.18. The monoisotopic (exact) mass is 317 g/mol. The molecule has 6 nitrogen and oxygen atoms in total. The number of piperazine rings is 1. The van der Waals surface area contributed by atoms with Gasteiger partial charge >= 0.3 is 6.03 Å². The van der Waals surface area contributed by atoms with Crippen molar-refractivity contribution in [3.05, 3.63) is 41.0 Å². The van der Waals surface area contributed by atoms with Gasteiger partial charge in [0.25, 0.3) is 0 Å². The summed E-state index contributed by atoms with van der Waals surface area (Å²) in [6.45, 7) is 4.96. The van der Waals surface area contributed by atoms with Crippen LogP contribution in [0, 0.1) is 0 Å². The van der Waals surface area contributed by atoms with E-state index in [2.05, 4.69) is 20.2 Å². The highest BCUT2D eigenvalue weighted by atomic mass is 32.1. The van der Waals surface area contributed by atoms with Crippen LogP contribution in [0.1, 0.15) is 17.8 Å². The number of rotatable bonds is 3. The van der Waals surface area contributed by atoms with Gasteiger partial charge in [0, 0.05) is 43.4 Å². The van der Waals surface area contributed by atoms with E-state index in [4.69, 9.17) is 0 Å². The third-order valence-corrected chi connectivity index (χ3v) is 4.81. The van der Waals surface area contributed by atoms with Gasteiger partial charge in [0.05, 0.1) is 12.2 Å². The molecule has 0 saturated carbocycles. The van der Waals surface area contributed by atoms with E-state index < -0.39 is 0 Å². The van der Waals surface area contributed by atoms with Crippen molar-refractivity contribution >= 4 is 23.2 Å². The Morgan fingerprint density at radius 3 is 2.77 bits per heavy atom. The molecular weight excluding hydrogens is 298 g/mol. The minimum atomic E-state index is -0.000282. The molecule has 22 heavy (non-hydrogen) atoms. The van der Waals surface area contributed by atoms with Gasteiger partial charge in [-0.25, -0.2) is 9.78 Å². The summed E-state index contributed by atoms with van der Waals surface area (Å²) < 4.78 is 0. The molecule has 1 saturated heterocycles. The summed E-state index contributed by atoms with van der Waals surface area (Å²) in [6, 6.07) is 4.09. The van der Waals surface area contributed by atoms with Crippen molar-refractivity contribution in [1.29, 1.82) is 0 Å². The standard InChI is InChI=1S/C15H19N5OS/c1-12(13-3-2-10-22-13)18-15(21)20-8-6-19(7-9-20)14-11-16-4-5-17-14/h2-5,10-12H,6-9H2,1H3,(H,18,21)/t12-/m0/s1. The molecule has 116 valence electrons. The lowest BCUT2D eigenvalue weighted by Gasteiger charge is -2.35. The van der Waals surface area contributed by atoms with Crippen LogP contribution in [0.5, 0.6) is 0 Å². The predicted molar refractivity (Wildman–Crippen MR) is 87.1 cm³/mol. The first kappa shape index (κ1) is 14.8. The highest BCUT2D eigenvalue weighted by Gasteiger charge is 2.23. The van der Waals surface area contributed by atoms with E-state index in [1.54, 1.807) is 29.9 Å². The smallest absolute Gasteiger partial charge is 0.318 e. The summed E-state index contributed by atoms with van der Waals surface area (Å²) in [4.78, 5) is 25.9. The fourth-order valence-electron chi connectivity index (χ4n) is 2.48. The molecule has 0 spiro atoms. The molecule has 3 rings (SSSR count). The molecule has 1 atom stereocenters. The van der Waals surface area contributed by atoms with Crippen LogP contribution in [0.4, 0.5) is 10.6 Å². The van der Waals surface area contributed by atoms with Gasteiger partial charge in [-0.1, -0.05) is 6.07 Å². The molecule has 2 amide bonds. The summed E-state index contributed by atoms with van der Waals surface area (Å²) in [7, 11) is 0. The van der Waals surface area contributed by atoms with Gasteiger partial charge in [0.2, 0.25) is 0 Å². The Morgan fingerprint density at radius 1 is 1.32 bits per heavy atom. The molecule has 1 aliphatic rings. The average Bonchev–Trinajstić information content (AvgIpc) is 3.10. The number of thiophene rings is 1. The van der Waals surface area contributed by atoms with Crippen molar-refractivity contribution in [2.24, 2.45) is 0 Å². The third kappa shape index (κ3) is 3.36. The first-order chi connectivity index (χ1) is 10.7. The van der Waals surface area contributed by atoms with Gasteiger partial charge < -0.3 is 15.1 Å². The molecule has 7 heteroatoms. The van der Waals surface area contributed by atoms with Gasteiger partial charge in [-0.2, -0.15) is 0 Å². The lowest BCUT2D eigenvalue weighted by atomic mass is 10.3. The van der Waals surface area contributed by atoms with E-state index in [0.29, 0.717) is 13.1 Å². The Labute approximate surface area is 133 Å². The molecular formula is C15H19N5OS. The van der Waals surface area contributed by atoms with Crippen molar-refractivity contribution in [3.63, 3.8) is 0 Å². The normalized spacial score (nSPS) is 16.4. The van der Waals surface area contributed by atoms with E-state index in [-0.39, 0.29) is 12.1 Å². The van der Waals surface area contributed by atoms with E-state index in [1.807, 2.05) is 29.3 Å². The lowest BCUT2D eigenvalue weighted by Crippen LogP contribution is -2.52. The van der Waals surface area contributed by atoms with Gasteiger partial charge in [0.1, 0.15) is 5.82 Å². The number of aromatic nitrogens is 2. The van der Waals surface area contributed by atoms with Crippen LogP contribution in [-0.4, -0.2) is 47.1 Å². The van der Waals surface area contributed by atoms with E-state index >= 15 is 0 Å². The van der Waals surface area contributed by atoms with Crippen molar-refractivity contribution in [2.75, 3.05) is 31.1 Å². The number of hydrogen-bond donors (Lipinski definition) is 1. The quantitative estimate of drug-likeness (QED) is 0.942. The Balaban J connectivity index is 1.52. The predicted octanol–water partition coefficient (Wildman–Crippen LogP) is 2.13. The maximum atomic E-state index is 12.3. The molecule has 2 aromatic heterocycles. The fraction of sp³-hybridized carbons (Fsp3) is 0.400. The number of carbonyl (C=O) groups excluding carboxylic acids is 1. The molecule has 0 aliphatic carbocycles. The van der Waals surface area contributed by atoms with E-state index in [1.165, 1.54) is 4.88 Å². The van der Waals surface area contributed by atoms with Crippen LogP contribution in [-0.2, 0) is 0 Å². The Hall–Kier alpha value is -2.15. The van der Waals surface area contributed by atoms with Crippen LogP contribution < -0.4 is 10.2 Å². The number of carbonyl (C=O) groups is 1. The Bertz CT molecular complexity index is 596. The average molecular weight is 317 g/mol. The van der Waals surface area contributed by atoms with Gasteiger partial charge in [-0.3, -0.25) is 4.98 Å². The fourth-order valence-corrected chi connectivity index (χ4v) is 3.21. The molecule has 0 bridgehead atoms. The molecule has 0 aromatic carbocycles. The zero-order valence-electron chi connectivity index (χ0n) is 12.5. The van der Waals surface area contributed by atoms with Crippen LogP contribution in [0.3, 0.4) is 0 Å². The Morgan fingerprint density at radius 2 is 2.14 bits per heavy atom. The van der Waals surface area contributed by atoms with Crippen LogP contribution >= 0.6 is 11.3 Å². The number of urea groups is 1. The molecule has 0 radical (unpaired) electrons. The van der Waals surface area contributed by atoms with Crippen molar-refractivity contribution < 1.29 is 4.79 Å². The minimum absolute atomic E-state index is 0.000282. The molecule has 1 aliphatic heterocycles. The first-order valence-electron chi connectivity index (χ1n) is 7.34. The van der Waals surface area contributed by atoms with Crippen molar-refractivity contribution in [3.8, 4) is 0 Å². The summed E-state index contributed by atoms with van der Waals surface area (Å²) >= 11 is 1.66. The molecule has 1 N–H and O–H groups in total. The first-order valence-corrected chi connectivity index (χ1v) is 8.22. The van der Waals surface area contributed by atoms with Gasteiger partial charge in [0.15, 0.2) is 0 Å². The van der Waals surface area contributed by atoms with Gasteiger partial charge in [-0.05, 0) is 18.4 Å². The minimum Gasteiger partial charge on any atom is -0.352 e. The number of amides is 2. The third-order valence-electron chi connectivity index (χ3n) is 3.75. The molecule has 0 unspecified atom stereocenters. The number of anilines is 1. The van der Waals surface area contributed by atoms with Crippen LogP contribution in [0.25, 0.3) is 0 Å². The lowest BCUT2D eigenvalue weighted by molar-refractivity contribution is 0.191. The summed E-state index contributed by atoms with van der Waals surface area (Å²) in [6.07, 6.45) is 5.12. The van der Waals surface area contributed by atoms with Crippen LogP contribution in [0.2, 0.25) is 0 Å². The van der Waals surface area contributed by atoms with Crippen molar-refractivity contribution in [1.82, 2.24) is 20.2 Å². The topological polar surface area (TPSA) is 61.4 Å². The van der Waals surface area contributed by atoms with Crippen molar-refractivity contribution in [2.45, 2.75) is 13.0 Å². The maximum absolute atomic E-state index is 12.3. The molecule has 1 fully saturated rings. The Kier molecular flexibility index (Phi) is 4.53.